The highest BCUT2D eigenvalue weighted by molar-refractivity contribution is 7.84. The van der Waals surface area contributed by atoms with Gasteiger partial charge in [-0.15, -0.1) is 0 Å². The van der Waals surface area contributed by atoms with Gasteiger partial charge in [0.15, 0.2) is 0 Å². The van der Waals surface area contributed by atoms with Crippen LogP contribution in [0.3, 0.4) is 0 Å². The van der Waals surface area contributed by atoms with Crippen LogP contribution in [0.5, 0.6) is 0 Å². The lowest BCUT2D eigenvalue weighted by molar-refractivity contribution is 0.0918. The average Bonchev–Trinajstić information content (AvgIpc) is 2.78. The van der Waals surface area contributed by atoms with Gasteiger partial charge < -0.3 is 5.32 Å². The number of hydrogen-bond donors (Lipinski definition) is 1. The Morgan fingerprint density at radius 2 is 1.70 bits per heavy atom. The Morgan fingerprint density at radius 1 is 1.03 bits per heavy atom. The van der Waals surface area contributed by atoms with Crippen molar-refractivity contribution in [3.05, 3.63) is 60.2 Å². The highest BCUT2D eigenvalue weighted by Crippen LogP contribution is 2.33. The van der Waals surface area contributed by atoms with Gasteiger partial charge in [0.1, 0.15) is 0 Å². The Hall–Kier alpha value is -2.53. The molecule has 5 heteroatoms. The van der Waals surface area contributed by atoms with Gasteiger partial charge in [-0.3, -0.25) is 9.00 Å². The molecule has 0 bridgehead atoms. The second-order valence-electron chi connectivity index (χ2n) is 8.16. The highest BCUT2D eigenvalue weighted by atomic mass is 32.2. The Balaban J connectivity index is 1.83. The van der Waals surface area contributed by atoms with E-state index in [0.29, 0.717) is 22.1 Å². The molecule has 1 aromatic heterocycles. The largest absolute Gasteiger partial charge is 0.349 e. The van der Waals surface area contributed by atoms with Gasteiger partial charge in [-0.2, -0.15) is 0 Å². The zero-order chi connectivity index (χ0) is 21.1. The summed E-state index contributed by atoms with van der Waals surface area (Å²) in [6, 6.07) is 17.4. The Morgan fingerprint density at radius 3 is 2.40 bits per heavy atom. The molecule has 1 heterocycles. The van der Waals surface area contributed by atoms with Gasteiger partial charge in [-0.1, -0.05) is 67.8 Å². The summed E-state index contributed by atoms with van der Waals surface area (Å²) in [5.74, 6) is 0.342. The minimum Gasteiger partial charge on any atom is -0.349 e. The maximum atomic E-state index is 13.5. The number of benzene rings is 2. The summed E-state index contributed by atoms with van der Waals surface area (Å²) in [5, 5.41) is 3.98. The van der Waals surface area contributed by atoms with Crippen molar-refractivity contribution in [2.75, 3.05) is 6.26 Å². The average molecular weight is 421 g/mol. The van der Waals surface area contributed by atoms with Crippen molar-refractivity contribution in [2.24, 2.45) is 5.92 Å². The highest BCUT2D eigenvalue weighted by Gasteiger charge is 2.27. The summed E-state index contributed by atoms with van der Waals surface area (Å²) < 4.78 is 12.9. The van der Waals surface area contributed by atoms with Gasteiger partial charge in [-0.25, -0.2) is 4.98 Å². The van der Waals surface area contributed by atoms with Crippen molar-refractivity contribution in [2.45, 2.75) is 50.0 Å². The van der Waals surface area contributed by atoms with Crippen molar-refractivity contribution in [1.29, 1.82) is 0 Å². The van der Waals surface area contributed by atoms with E-state index in [4.69, 9.17) is 4.98 Å². The quantitative estimate of drug-likeness (QED) is 0.606. The standard InChI is InChI=1S/C25H28N2O2S/c1-17(18-11-5-3-6-12-18)26-25(28)22-20-15-9-10-16-21(20)27-23(24(22)30(2)29)19-13-7-4-8-14-19/h4,7-10,13-18H,3,5-6,11-12H2,1-2H3,(H,26,28)/t17-,30?/m0/s1. The van der Waals surface area contributed by atoms with Crippen LogP contribution >= 0.6 is 0 Å². The maximum absolute atomic E-state index is 13.5. The molecule has 1 saturated carbocycles. The smallest absolute Gasteiger partial charge is 0.253 e. The van der Waals surface area contributed by atoms with Crippen LogP contribution in [-0.4, -0.2) is 27.4 Å². The molecule has 4 nitrogen and oxygen atoms in total. The number of fused-ring (bicyclic) bond motifs is 1. The third-order valence-corrected chi connectivity index (χ3v) is 7.10. The van der Waals surface area contributed by atoms with E-state index in [0.717, 1.165) is 29.3 Å². The Kier molecular flexibility index (Phi) is 6.28. The molecule has 1 N–H and O–H groups in total. The molecule has 0 aliphatic heterocycles. The van der Waals surface area contributed by atoms with Crippen LogP contribution in [0.25, 0.3) is 22.2 Å². The molecular weight excluding hydrogens is 392 g/mol. The van der Waals surface area contributed by atoms with E-state index >= 15 is 0 Å². The van der Waals surface area contributed by atoms with Crippen LogP contribution < -0.4 is 5.32 Å². The number of pyridine rings is 1. The predicted octanol–water partition coefficient (Wildman–Crippen LogP) is 5.34. The minimum absolute atomic E-state index is 0.0862. The molecule has 0 spiro atoms. The summed E-state index contributed by atoms with van der Waals surface area (Å²) in [4.78, 5) is 18.9. The molecule has 1 amide bonds. The van der Waals surface area contributed by atoms with E-state index in [9.17, 15) is 9.00 Å². The third-order valence-electron chi connectivity index (χ3n) is 6.13. The molecule has 2 aromatic carbocycles. The van der Waals surface area contributed by atoms with Crippen molar-refractivity contribution in [1.82, 2.24) is 10.3 Å². The van der Waals surface area contributed by atoms with Crippen LogP contribution in [-0.2, 0) is 10.8 Å². The molecule has 30 heavy (non-hydrogen) atoms. The second kappa shape index (κ2) is 9.09. The number of amides is 1. The number of carbonyl (C=O) groups is 1. The van der Waals surface area contributed by atoms with Gasteiger partial charge in [0, 0.05) is 23.2 Å². The molecule has 156 valence electrons. The first-order valence-corrected chi connectivity index (χ1v) is 12.2. The molecule has 0 saturated heterocycles. The molecule has 3 aromatic rings. The van der Waals surface area contributed by atoms with E-state index in [1.165, 1.54) is 19.3 Å². The number of rotatable bonds is 5. The van der Waals surface area contributed by atoms with Gasteiger partial charge >= 0.3 is 0 Å². The lowest BCUT2D eigenvalue weighted by Crippen LogP contribution is -2.39. The molecule has 1 fully saturated rings. The van der Waals surface area contributed by atoms with Gasteiger partial charge in [-0.05, 0) is 31.7 Å². The first kappa shape index (κ1) is 20.7. The summed E-state index contributed by atoms with van der Waals surface area (Å²) in [7, 11) is -1.37. The van der Waals surface area contributed by atoms with Crippen LogP contribution in [0.4, 0.5) is 0 Å². The molecule has 2 atom stereocenters. The Labute approximate surface area is 180 Å². The van der Waals surface area contributed by atoms with Crippen LogP contribution in [0.15, 0.2) is 59.5 Å². The predicted molar refractivity (Wildman–Crippen MR) is 123 cm³/mol. The van der Waals surface area contributed by atoms with E-state index < -0.39 is 10.8 Å². The molecule has 1 aliphatic carbocycles. The van der Waals surface area contributed by atoms with Crippen LogP contribution in [0, 0.1) is 5.92 Å². The fourth-order valence-electron chi connectivity index (χ4n) is 4.52. The van der Waals surface area contributed by atoms with Crippen molar-refractivity contribution in [3.8, 4) is 11.3 Å². The van der Waals surface area contributed by atoms with E-state index in [2.05, 4.69) is 12.2 Å². The number of nitrogens with zero attached hydrogens (tertiary/aromatic N) is 1. The summed E-state index contributed by atoms with van der Waals surface area (Å²) in [6.45, 7) is 2.10. The zero-order valence-corrected chi connectivity index (χ0v) is 18.4. The normalized spacial score (nSPS) is 16.9. The van der Waals surface area contributed by atoms with E-state index in [1.54, 1.807) is 6.26 Å². The zero-order valence-electron chi connectivity index (χ0n) is 17.6. The lowest BCUT2D eigenvalue weighted by Gasteiger charge is -2.28. The number of para-hydroxylation sites is 1. The van der Waals surface area contributed by atoms with Gasteiger partial charge in [0.05, 0.1) is 32.5 Å². The number of hydrogen-bond acceptors (Lipinski definition) is 3. The minimum atomic E-state index is -1.37. The van der Waals surface area contributed by atoms with Gasteiger partial charge in [0.25, 0.3) is 5.91 Å². The summed E-state index contributed by atoms with van der Waals surface area (Å²) in [5.41, 5.74) is 2.71. The van der Waals surface area contributed by atoms with Gasteiger partial charge in [0.2, 0.25) is 0 Å². The number of aromatic nitrogens is 1. The molecule has 4 rings (SSSR count). The number of carbonyl (C=O) groups excluding carboxylic acids is 1. The summed E-state index contributed by atoms with van der Waals surface area (Å²) >= 11 is 0. The van der Waals surface area contributed by atoms with Crippen LogP contribution in [0.2, 0.25) is 0 Å². The third kappa shape index (κ3) is 4.17. The van der Waals surface area contributed by atoms with Crippen molar-refractivity contribution < 1.29 is 9.00 Å². The van der Waals surface area contributed by atoms with Crippen molar-refractivity contribution in [3.63, 3.8) is 0 Å². The second-order valence-corrected chi connectivity index (χ2v) is 9.48. The maximum Gasteiger partial charge on any atom is 0.253 e. The molecule has 1 unspecified atom stereocenters. The fraction of sp³-hybridized carbons (Fsp3) is 0.360. The first-order valence-electron chi connectivity index (χ1n) is 10.7. The van der Waals surface area contributed by atoms with Crippen molar-refractivity contribution >= 4 is 27.6 Å². The molecular formula is C25H28N2O2S. The van der Waals surface area contributed by atoms with E-state index in [-0.39, 0.29) is 11.9 Å². The molecule has 1 aliphatic rings. The topological polar surface area (TPSA) is 59.1 Å². The van der Waals surface area contributed by atoms with Crippen LogP contribution in [0.1, 0.15) is 49.4 Å². The SMILES string of the molecule is C[C@H](NC(=O)c1c(S(C)=O)c(-c2ccccc2)nc2ccccc12)C1CCCCC1. The van der Waals surface area contributed by atoms with E-state index in [1.807, 2.05) is 54.6 Å². The Bertz CT molecular complexity index is 1080. The monoisotopic (exact) mass is 420 g/mol. The lowest BCUT2D eigenvalue weighted by atomic mass is 9.84. The molecule has 0 radical (unpaired) electrons. The number of nitrogens with one attached hydrogen (secondary N) is 1. The first-order chi connectivity index (χ1) is 14.6. The summed E-state index contributed by atoms with van der Waals surface area (Å²) in [6.07, 6.45) is 7.67. The fourth-order valence-corrected chi connectivity index (χ4v) is 5.45.